The summed E-state index contributed by atoms with van der Waals surface area (Å²) >= 11 is 0. The van der Waals surface area contributed by atoms with Gasteiger partial charge >= 0.3 is 6.09 Å². The van der Waals surface area contributed by atoms with Gasteiger partial charge in [0.2, 0.25) is 5.91 Å². The largest absolute Gasteiger partial charge is 0.494 e. The monoisotopic (exact) mass is 461 g/mol. The molecule has 2 rings (SSSR count). The van der Waals surface area contributed by atoms with Gasteiger partial charge in [-0.15, -0.1) is 0 Å². The number of unbranched alkanes of at least 4 members (excludes halogenated alkanes) is 2. The fraction of sp³-hybridized carbons (Fsp3) is 0.640. The third-order valence-corrected chi connectivity index (χ3v) is 5.97. The number of hydrogen-bond donors (Lipinski definition) is 2. The van der Waals surface area contributed by atoms with E-state index in [1.54, 1.807) is 4.90 Å². The van der Waals surface area contributed by atoms with Crippen LogP contribution in [0.25, 0.3) is 0 Å². The molecule has 0 unspecified atom stereocenters. The molecule has 1 heterocycles. The summed E-state index contributed by atoms with van der Waals surface area (Å²) in [6.45, 7) is 9.98. The minimum absolute atomic E-state index is 0.1000. The Bertz CT molecular complexity index is 758. The van der Waals surface area contributed by atoms with Gasteiger partial charge in [0.05, 0.1) is 6.61 Å². The van der Waals surface area contributed by atoms with Gasteiger partial charge in [0, 0.05) is 44.7 Å². The third-order valence-electron chi connectivity index (χ3n) is 5.97. The van der Waals surface area contributed by atoms with E-state index in [0.717, 1.165) is 56.6 Å². The van der Waals surface area contributed by atoms with E-state index >= 15 is 0 Å². The van der Waals surface area contributed by atoms with E-state index in [-0.39, 0.29) is 17.6 Å². The Morgan fingerprint density at radius 2 is 1.70 bits per heavy atom. The molecular weight excluding hydrogens is 422 g/mol. The van der Waals surface area contributed by atoms with Gasteiger partial charge in [-0.3, -0.25) is 14.5 Å². The summed E-state index contributed by atoms with van der Waals surface area (Å²) in [5.74, 6) is 0.701. The number of hydrogen-bond acceptors (Lipinski definition) is 5. The molecule has 0 spiro atoms. The fourth-order valence-electron chi connectivity index (χ4n) is 3.93. The number of carboxylic acid groups (broad SMARTS) is 1. The van der Waals surface area contributed by atoms with E-state index in [2.05, 4.69) is 17.1 Å². The number of amides is 2. The minimum Gasteiger partial charge on any atom is -0.494 e. The Balaban J connectivity index is 1.67. The molecular formula is C25H39N3O5. The fourth-order valence-corrected chi connectivity index (χ4v) is 3.93. The van der Waals surface area contributed by atoms with Crippen molar-refractivity contribution < 1.29 is 24.2 Å². The number of benzene rings is 1. The van der Waals surface area contributed by atoms with Crippen molar-refractivity contribution in [2.75, 3.05) is 39.3 Å². The summed E-state index contributed by atoms with van der Waals surface area (Å²) in [5, 5.41) is 11.3. The summed E-state index contributed by atoms with van der Waals surface area (Å²) < 4.78 is 5.82. The number of ketones is 1. The van der Waals surface area contributed by atoms with Crippen molar-refractivity contribution in [1.29, 1.82) is 0 Å². The van der Waals surface area contributed by atoms with Crippen LogP contribution < -0.4 is 10.1 Å². The highest BCUT2D eigenvalue weighted by Gasteiger charge is 2.30. The van der Waals surface area contributed by atoms with Gasteiger partial charge in [-0.05, 0) is 43.0 Å². The Kier molecular flexibility index (Phi) is 11.2. The number of rotatable bonds is 13. The van der Waals surface area contributed by atoms with Crippen LogP contribution in [0.3, 0.4) is 0 Å². The molecule has 0 saturated carbocycles. The van der Waals surface area contributed by atoms with Gasteiger partial charge in [0.1, 0.15) is 11.8 Å². The highest BCUT2D eigenvalue weighted by atomic mass is 16.5. The van der Waals surface area contributed by atoms with Gasteiger partial charge in [0.25, 0.3) is 0 Å². The molecule has 0 radical (unpaired) electrons. The molecule has 0 aliphatic carbocycles. The average Bonchev–Trinajstić information content (AvgIpc) is 2.80. The quantitative estimate of drug-likeness (QED) is 0.344. The van der Waals surface area contributed by atoms with Crippen LogP contribution in [-0.2, 0) is 4.79 Å². The van der Waals surface area contributed by atoms with Gasteiger partial charge in [0.15, 0.2) is 5.78 Å². The van der Waals surface area contributed by atoms with Gasteiger partial charge in [-0.1, -0.05) is 33.6 Å². The SMILES string of the molecule is CCCCCC(=O)c1ccc(OCCCN2CCN(C(=O)[C@H](NC(=O)O)C(C)C)CC2)cc1. The zero-order chi connectivity index (χ0) is 24.2. The third kappa shape index (κ3) is 9.04. The predicted octanol–water partition coefficient (Wildman–Crippen LogP) is 3.65. The summed E-state index contributed by atoms with van der Waals surface area (Å²) in [7, 11) is 0. The molecule has 0 bridgehead atoms. The molecule has 2 N–H and O–H groups in total. The van der Waals surface area contributed by atoms with Crippen LogP contribution in [0, 0.1) is 5.92 Å². The smallest absolute Gasteiger partial charge is 0.405 e. The molecule has 0 aromatic heterocycles. The summed E-state index contributed by atoms with van der Waals surface area (Å²) in [6, 6.07) is 6.68. The van der Waals surface area contributed by atoms with Crippen molar-refractivity contribution in [3.8, 4) is 5.75 Å². The van der Waals surface area contributed by atoms with Crippen molar-refractivity contribution in [3.63, 3.8) is 0 Å². The van der Waals surface area contributed by atoms with Crippen LogP contribution in [0.1, 0.15) is 63.2 Å². The molecule has 1 aliphatic heterocycles. The molecule has 8 nitrogen and oxygen atoms in total. The van der Waals surface area contributed by atoms with Crippen LogP contribution in [0.4, 0.5) is 4.79 Å². The number of Topliss-reactive ketones (excluding diaryl/α,β-unsaturated/α-hetero) is 1. The minimum atomic E-state index is -1.17. The van der Waals surface area contributed by atoms with Crippen LogP contribution in [0.15, 0.2) is 24.3 Å². The number of piperazine rings is 1. The first-order valence-corrected chi connectivity index (χ1v) is 12.1. The first-order valence-electron chi connectivity index (χ1n) is 12.1. The lowest BCUT2D eigenvalue weighted by molar-refractivity contribution is -0.136. The summed E-state index contributed by atoms with van der Waals surface area (Å²) in [4.78, 5) is 39.8. The lowest BCUT2D eigenvalue weighted by atomic mass is 10.0. The molecule has 1 aliphatic rings. The van der Waals surface area contributed by atoms with Crippen molar-refractivity contribution >= 4 is 17.8 Å². The van der Waals surface area contributed by atoms with Crippen molar-refractivity contribution in [2.24, 2.45) is 5.92 Å². The molecule has 1 aromatic rings. The first-order chi connectivity index (χ1) is 15.8. The molecule has 1 aromatic carbocycles. The van der Waals surface area contributed by atoms with Crippen molar-refractivity contribution in [1.82, 2.24) is 15.1 Å². The van der Waals surface area contributed by atoms with Gasteiger partial charge in [-0.2, -0.15) is 0 Å². The number of nitrogens with one attached hydrogen (secondary N) is 1. The topological polar surface area (TPSA) is 99.2 Å². The number of ether oxygens (including phenoxy) is 1. The van der Waals surface area contributed by atoms with E-state index in [1.807, 2.05) is 38.1 Å². The highest BCUT2D eigenvalue weighted by molar-refractivity contribution is 5.96. The lowest BCUT2D eigenvalue weighted by Crippen LogP contribution is -2.56. The standard InChI is InChI=1S/C25H39N3O5/c1-4-5-6-8-22(29)20-9-11-21(12-10-20)33-18-7-13-27-14-16-28(17-15-27)24(30)23(19(2)3)26-25(31)32/h9-12,19,23,26H,4-8,13-18H2,1-3H3,(H,31,32)/t23-/m1/s1. The highest BCUT2D eigenvalue weighted by Crippen LogP contribution is 2.15. The summed E-state index contributed by atoms with van der Waals surface area (Å²) in [6.07, 6.45) is 3.42. The van der Waals surface area contributed by atoms with Crippen LogP contribution in [0.5, 0.6) is 5.75 Å². The van der Waals surface area contributed by atoms with Crippen LogP contribution >= 0.6 is 0 Å². The Labute approximate surface area is 197 Å². The predicted molar refractivity (Wildman–Crippen MR) is 128 cm³/mol. The van der Waals surface area contributed by atoms with Crippen LogP contribution in [-0.4, -0.2) is 78.1 Å². The summed E-state index contributed by atoms with van der Waals surface area (Å²) in [5.41, 5.74) is 0.740. The maximum absolute atomic E-state index is 12.7. The maximum Gasteiger partial charge on any atom is 0.405 e. The van der Waals surface area contributed by atoms with Crippen molar-refractivity contribution in [2.45, 2.75) is 58.9 Å². The molecule has 1 saturated heterocycles. The molecule has 1 atom stereocenters. The zero-order valence-electron chi connectivity index (χ0n) is 20.2. The lowest BCUT2D eigenvalue weighted by Gasteiger charge is -2.37. The molecule has 184 valence electrons. The number of carbonyl (C=O) groups is 3. The van der Waals surface area contributed by atoms with Gasteiger partial charge in [-0.25, -0.2) is 4.79 Å². The van der Waals surface area contributed by atoms with E-state index in [1.165, 1.54) is 0 Å². The normalized spacial score (nSPS) is 15.3. The average molecular weight is 462 g/mol. The maximum atomic E-state index is 12.7. The number of nitrogens with zero attached hydrogens (tertiary/aromatic N) is 2. The second-order valence-electron chi connectivity index (χ2n) is 8.94. The van der Waals surface area contributed by atoms with E-state index in [9.17, 15) is 14.4 Å². The molecule has 8 heteroatoms. The van der Waals surface area contributed by atoms with E-state index < -0.39 is 12.1 Å². The first kappa shape index (κ1) is 26.6. The van der Waals surface area contributed by atoms with Crippen molar-refractivity contribution in [3.05, 3.63) is 29.8 Å². The second kappa shape index (κ2) is 13.8. The Morgan fingerprint density at radius 3 is 2.27 bits per heavy atom. The van der Waals surface area contributed by atoms with Crippen LogP contribution in [0.2, 0.25) is 0 Å². The molecule has 2 amide bonds. The van der Waals surface area contributed by atoms with E-state index in [0.29, 0.717) is 26.1 Å². The number of carbonyl (C=O) groups excluding carboxylic acids is 2. The molecule has 33 heavy (non-hydrogen) atoms. The Hall–Kier alpha value is -2.61. The van der Waals surface area contributed by atoms with E-state index in [4.69, 9.17) is 9.84 Å². The zero-order valence-corrected chi connectivity index (χ0v) is 20.2. The second-order valence-corrected chi connectivity index (χ2v) is 8.94. The Morgan fingerprint density at radius 1 is 1.03 bits per heavy atom. The molecule has 1 fully saturated rings. The van der Waals surface area contributed by atoms with Gasteiger partial charge < -0.3 is 20.1 Å².